The van der Waals surface area contributed by atoms with Crippen LogP contribution in [0.3, 0.4) is 0 Å². The van der Waals surface area contributed by atoms with E-state index in [0.29, 0.717) is 5.69 Å². The summed E-state index contributed by atoms with van der Waals surface area (Å²) in [6.07, 6.45) is 1.51. The van der Waals surface area contributed by atoms with E-state index in [4.69, 9.17) is 10.8 Å². The Morgan fingerprint density at radius 1 is 1.50 bits per heavy atom. The van der Waals surface area contributed by atoms with Gasteiger partial charge in [-0.05, 0) is 18.6 Å². The van der Waals surface area contributed by atoms with Crippen LogP contribution in [0, 0.1) is 6.92 Å². The minimum Gasteiger partial charge on any atom is -0.481 e. The Morgan fingerprint density at radius 2 is 2.22 bits per heavy atom. The zero-order chi connectivity index (χ0) is 13.1. The van der Waals surface area contributed by atoms with Gasteiger partial charge < -0.3 is 10.8 Å². The summed E-state index contributed by atoms with van der Waals surface area (Å²) in [5.41, 5.74) is 8.11. The molecule has 0 spiro atoms. The van der Waals surface area contributed by atoms with Gasteiger partial charge in [0.25, 0.3) is 0 Å². The molecule has 0 saturated carbocycles. The molecule has 3 N–H and O–H groups in total. The van der Waals surface area contributed by atoms with Gasteiger partial charge in [-0.2, -0.15) is 15.0 Å². The number of hydrogen-bond donors (Lipinski definition) is 2. The standard InChI is InChI=1S/C12H14N4O2/c1-8-7-14-16(15-8)11-5-3-2-4-9(11)10(13)6-12(17)18/h2-5,7,10H,6,13H2,1H3,(H,17,18). The van der Waals surface area contributed by atoms with Crippen LogP contribution in [0.25, 0.3) is 5.69 Å². The molecular weight excluding hydrogens is 232 g/mol. The largest absolute Gasteiger partial charge is 0.481 e. The molecule has 2 aromatic rings. The number of aliphatic carboxylic acids is 1. The van der Waals surface area contributed by atoms with Crippen molar-refractivity contribution in [2.45, 2.75) is 19.4 Å². The predicted octanol–water partition coefficient (Wildman–Crippen LogP) is 1.05. The van der Waals surface area contributed by atoms with Crippen molar-refractivity contribution in [1.82, 2.24) is 15.0 Å². The lowest BCUT2D eigenvalue weighted by Crippen LogP contribution is -2.17. The van der Waals surface area contributed by atoms with Crippen LogP contribution < -0.4 is 5.73 Å². The quantitative estimate of drug-likeness (QED) is 0.840. The molecule has 94 valence electrons. The van der Waals surface area contributed by atoms with E-state index in [-0.39, 0.29) is 6.42 Å². The number of hydrogen-bond acceptors (Lipinski definition) is 4. The normalized spacial score (nSPS) is 12.3. The Labute approximate surface area is 104 Å². The first-order chi connectivity index (χ1) is 8.58. The van der Waals surface area contributed by atoms with Crippen LogP contribution >= 0.6 is 0 Å². The molecule has 0 aliphatic carbocycles. The van der Waals surface area contributed by atoms with E-state index in [1.807, 2.05) is 25.1 Å². The van der Waals surface area contributed by atoms with Crippen molar-refractivity contribution in [3.05, 3.63) is 41.7 Å². The zero-order valence-corrected chi connectivity index (χ0v) is 9.95. The molecule has 0 fully saturated rings. The van der Waals surface area contributed by atoms with Gasteiger partial charge in [-0.3, -0.25) is 4.79 Å². The summed E-state index contributed by atoms with van der Waals surface area (Å²) in [5, 5.41) is 17.1. The first kappa shape index (κ1) is 12.3. The molecule has 1 unspecified atom stereocenters. The topological polar surface area (TPSA) is 94.0 Å². The van der Waals surface area contributed by atoms with Crippen molar-refractivity contribution >= 4 is 5.97 Å². The average molecular weight is 246 g/mol. The Balaban J connectivity index is 2.39. The first-order valence-corrected chi connectivity index (χ1v) is 5.53. The fraction of sp³-hybridized carbons (Fsp3) is 0.250. The molecule has 1 heterocycles. The fourth-order valence-electron chi connectivity index (χ4n) is 1.74. The van der Waals surface area contributed by atoms with Gasteiger partial charge in [0.05, 0.1) is 24.0 Å². The van der Waals surface area contributed by atoms with Crippen LogP contribution in [0.5, 0.6) is 0 Å². The maximum absolute atomic E-state index is 10.7. The van der Waals surface area contributed by atoms with Crippen LogP contribution in [0.4, 0.5) is 0 Å². The number of aryl methyl sites for hydroxylation is 1. The second-order valence-electron chi connectivity index (χ2n) is 4.04. The summed E-state index contributed by atoms with van der Waals surface area (Å²) >= 11 is 0. The average Bonchev–Trinajstić information content (AvgIpc) is 2.75. The van der Waals surface area contributed by atoms with Crippen molar-refractivity contribution in [2.75, 3.05) is 0 Å². The third kappa shape index (κ3) is 2.54. The molecule has 0 amide bonds. The lowest BCUT2D eigenvalue weighted by atomic mass is 10.0. The molecule has 18 heavy (non-hydrogen) atoms. The molecule has 1 aromatic heterocycles. The van der Waals surface area contributed by atoms with Crippen molar-refractivity contribution in [3.8, 4) is 5.69 Å². The maximum Gasteiger partial charge on any atom is 0.305 e. The molecule has 6 heteroatoms. The Morgan fingerprint density at radius 3 is 2.83 bits per heavy atom. The molecule has 1 aromatic carbocycles. The van der Waals surface area contributed by atoms with Crippen LogP contribution in [0.2, 0.25) is 0 Å². The highest BCUT2D eigenvalue weighted by Gasteiger charge is 2.16. The monoisotopic (exact) mass is 246 g/mol. The van der Waals surface area contributed by atoms with E-state index < -0.39 is 12.0 Å². The highest BCUT2D eigenvalue weighted by Crippen LogP contribution is 2.21. The first-order valence-electron chi connectivity index (χ1n) is 5.53. The third-order valence-corrected chi connectivity index (χ3v) is 2.55. The number of carboxylic acids is 1. The SMILES string of the molecule is Cc1cnn(-c2ccccc2C(N)CC(=O)O)n1. The molecule has 0 aliphatic heterocycles. The molecule has 0 radical (unpaired) electrons. The predicted molar refractivity (Wildman–Crippen MR) is 65.3 cm³/mol. The fourth-order valence-corrected chi connectivity index (χ4v) is 1.74. The van der Waals surface area contributed by atoms with Gasteiger partial charge in [0, 0.05) is 6.04 Å². The van der Waals surface area contributed by atoms with E-state index in [2.05, 4.69) is 10.2 Å². The van der Waals surface area contributed by atoms with Gasteiger partial charge in [0.1, 0.15) is 0 Å². The maximum atomic E-state index is 10.7. The highest BCUT2D eigenvalue weighted by atomic mass is 16.4. The lowest BCUT2D eigenvalue weighted by Gasteiger charge is -2.13. The van der Waals surface area contributed by atoms with Gasteiger partial charge in [0.2, 0.25) is 0 Å². The number of carbonyl (C=O) groups is 1. The second-order valence-corrected chi connectivity index (χ2v) is 4.04. The number of benzene rings is 1. The summed E-state index contributed by atoms with van der Waals surface area (Å²) in [6, 6.07) is 6.69. The number of aromatic nitrogens is 3. The minimum absolute atomic E-state index is 0.128. The van der Waals surface area contributed by atoms with E-state index in [1.54, 1.807) is 12.3 Å². The molecule has 0 aliphatic rings. The smallest absolute Gasteiger partial charge is 0.305 e. The molecule has 0 bridgehead atoms. The number of carboxylic acid groups (broad SMARTS) is 1. The Bertz CT molecular complexity index is 565. The minimum atomic E-state index is -0.929. The Hall–Kier alpha value is -2.21. The summed E-state index contributed by atoms with van der Waals surface area (Å²) in [5.74, 6) is -0.929. The van der Waals surface area contributed by atoms with Gasteiger partial charge in [-0.25, -0.2) is 0 Å². The zero-order valence-electron chi connectivity index (χ0n) is 9.95. The van der Waals surface area contributed by atoms with Crippen molar-refractivity contribution in [2.24, 2.45) is 5.73 Å². The summed E-state index contributed by atoms with van der Waals surface area (Å²) < 4.78 is 0. The number of nitrogens with zero attached hydrogens (tertiary/aromatic N) is 3. The van der Waals surface area contributed by atoms with Crippen molar-refractivity contribution in [3.63, 3.8) is 0 Å². The van der Waals surface area contributed by atoms with Crippen LogP contribution in [0.1, 0.15) is 23.7 Å². The van der Waals surface area contributed by atoms with E-state index in [0.717, 1.165) is 11.3 Å². The summed E-state index contributed by atoms with van der Waals surface area (Å²) in [4.78, 5) is 12.2. The van der Waals surface area contributed by atoms with Crippen LogP contribution in [-0.4, -0.2) is 26.1 Å². The molecule has 6 nitrogen and oxygen atoms in total. The second kappa shape index (κ2) is 4.97. The number of rotatable bonds is 4. The third-order valence-electron chi connectivity index (χ3n) is 2.55. The molecule has 1 atom stereocenters. The van der Waals surface area contributed by atoms with E-state index in [9.17, 15) is 4.79 Å². The number of para-hydroxylation sites is 1. The highest BCUT2D eigenvalue weighted by molar-refractivity contribution is 5.68. The molecular formula is C12H14N4O2. The number of nitrogens with two attached hydrogens (primary N) is 1. The van der Waals surface area contributed by atoms with Crippen molar-refractivity contribution in [1.29, 1.82) is 0 Å². The van der Waals surface area contributed by atoms with Gasteiger partial charge in [-0.15, -0.1) is 0 Å². The van der Waals surface area contributed by atoms with Crippen molar-refractivity contribution < 1.29 is 9.90 Å². The van der Waals surface area contributed by atoms with E-state index in [1.165, 1.54) is 4.80 Å². The van der Waals surface area contributed by atoms with Crippen LogP contribution in [0.15, 0.2) is 30.5 Å². The van der Waals surface area contributed by atoms with Crippen LogP contribution in [-0.2, 0) is 4.79 Å². The Kier molecular flexibility index (Phi) is 3.38. The summed E-state index contributed by atoms with van der Waals surface area (Å²) in [7, 11) is 0. The van der Waals surface area contributed by atoms with Gasteiger partial charge in [-0.1, -0.05) is 18.2 Å². The lowest BCUT2D eigenvalue weighted by molar-refractivity contribution is -0.137. The van der Waals surface area contributed by atoms with Gasteiger partial charge in [0.15, 0.2) is 0 Å². The van der Waals surface area contributed by atoms with Gasteiger partial charge >= 0.3 is 5.97 Å². The van der Waals surface area contributed by atoms with E-state index >= 15 is 0 Å². The molecule has 0 saturated heterocycles. The molecule has 2 rings (SSSR count). The summed E-state index contributed by atoms with van der Waals surface area (Å²) in [6.45, 7) is 1.84.